The summed E-state index contributed by atoms with van der Waals surface area (Å²) in [5.41, 5.74) is 0.413. The van der Waals surface area contributed by atoms with Crippen LogP contribution >= 0.6 is 0 Å². The second-order valence-corrected chi connectivity index (χ2v) is 7.50. The molecule has 1 unspecified atom stereocenters. The summed E-state index contributed by atoms with van der Waals surface area (Å²) in [6.07, 6.45) is 1.74. The van der Waals surface area contributed by atoms with Gasteiger partial charge in [-0.25, -0.2) is 9.18 Å². The van der Waals surface area contributed by atoms with Crippen molar-refractivity contribution in [1.82, 2.24) is 9.80 Å². The number of benzene rings is 1. The highest BCUT2D eigenvalue weighted by molar-refractivity contribution is 5.66. The van der Waals surface area contributed by atoms with Gasteiger partial charge < -0.3 is 19.8 Å². The number of hydrogen-bond donors (Lipinski definition) is 2. The molecule has 3 aliphatic heterocycles. The monoisotopic (exact) mass is 350 g/mol. The number of likely N-dealkylation sites (tertiary alicyclic amines) is 2. The minimum Gasteiger partial charge on any atom is -0.508 e. The molecule has 3 fully saturated rings. The molecule has 1 aromatic rings. The number of piperidine rings is 1. The molecule has 0 saturated carbocycles. The first-order chi connectivity index (χ1) is 12.0. The first kappa shape index (κ1) is 16.6. The first-order valence-electron chi connectivity index (χ1n) is 8.80. The Kier molecular flexibility index (Phi) is 4.08. The predicted octanol–water partition coefficient (Wildman–Crippen LogP) is 2.23. The van der Waals surface area contributed by atoms with Gasteiger partial charge in [-0.1, -0.05) is 0 Å². The molecule has 1 spiro atoms. The summed E-state index contributed by atoms with van der Waals surface area (Å²) in [4.78, 5) is 14.7. The lowest BCUT2D eigenvalue weighted by molar-refractivity contribution is -0.0982. The number of phenolic OH excluding ortho intramolecular Hbond substituents is 1. The molecule has 25 heavy (non-hydrogen) atoms. The van der Waals surface area contributed by atoms with E-state index in [1.807, 2.05) is 0 Å². The van der Waals surface area contributed by atoms with Gasteiger partial charge in [-0.3, -0.25) is 4.90 Å². The zero-order valence-electron chi connectivity index (χ0n) is 14.0. The molecule has 2 N–H and O–H groups in total. The van der Waals surface area contributed by atoms with Crippen LogP contribution in [0.2, 0.25) is 0 Å². The molecule has 6 nitrogen and oxygen atoms in total. The molecule has 3 aliphatic rings. The predicted molar refractivity (Wildman–Crippen MR) is 88.3 cm³/mol. The van der Waals surface area contributed by atoms with Crippen molar-refractivity contribution < 1.29 is 24.1 Å². The van der Waals surface area contributed by atoms with Gasteiger partial charge >= 0.3 is 6.09 Å². The fourth-order valence-electron chi connectivity index (χ4n) is 4.49. The van der Waals surface area contributed by atoms with E-state index in [0.29, 0.717) is 31.3 Å². The van der Waals surface area contributed by atoms with Crippen molar-refractivity contribution in [3.8, 4) is 5.75 Å². The lowest BCUT2D eigenvalue weighted by Gasteiger charge is -2.45. The average molecular weight is 350 g/mol. The van der Waals surface area contributed by atoms with Gasteiger partial charge in [0.2, 0.25) is 0 Å². The largest absolute Gasteiger partial charge is 0.508 e. The van der Waals surface area contributed by atoms with E-state index >= 15 is 0 Å². The highest BCUT2D eigenvalue weighted by atomic mass is 19.1. The van der Waals surface area contributed by atoms with Crippen molar-refractivity contribution in [1.29, 1.82) is 0 Å². The molecule has 4 rings (SSSR count). The third kappa shape index (κ3) is 3.06. The summed E-state index contributed by atoms with van der Waals surface area (Å²) in [5.74, 6) is 0.0370. The van der Waals surface area contributed by atoms with Gasteiger partial charge in [-0.2, -0.15) is 0 Å². The molecule has 0 radical (unpaired) electrons. The van der Waals surface area contributed by atoms with E-state index in [9.17, 15) is 14.3 Å². The number of hydrogen-bond acceptors (Lipinski definition) is 4. The Morgan fingerprint density at radius 3 is 2.68 bits per heavy atom. The van der Waals surface area contributed by atoms with Crippen molar-refractivity contribution in [2.75, 3.05) is 32.8 Å². The maximum absolute atomic E-state index is 13.5. The minimum atomic E-state index is -0.881. The van der Waals surface area contributed by atoms with Crippen LogP contribution in [0, 0.1) is 5.82 Å². The van der Waals surface area contributed by atoms with E-state index in [0.717, 1.165) is 32.4 Å². The Labute approximate surface area is 145 Å². The lowest BCUT2D eigenvalue weighted by atomic mass is 9.86. The minimum absolute atomic E-state index is 0.172. The van der Waals surface area contributed by atoms with Crippen LogP contribution in [0.5, 0.6) is 5.75 Å². The van der Waals surface area contributed by atoms with E-state index in [-0.39, 0.29) is 23.1 Å². The Morgan fingerprint density at radius 2 is 2.00 bits per heavy atom. The second-order valence-electron chi connectivity index (χ2n) is 7.50. The van der Waals surface area contributed by atoms with Crippen LogP contribution in [0.25, 0.3) is 0 Å². The van der Waals surface area contributed by atoms with Crippen LogP contribution in [0.3, 0.4) is 0 Å². The number of amides is 1. The molecule has 0 aromatic heterocycles. The standard InChI is InChI=1S/C18H23FN2O4/c19-13-1-2-16(22)15(7-13)12-3-5-20(6-4-12)14-8-18(25-9-14)10-21(11-18)17(23)24/h1-2,7,12,14,22H,3-6,8-11H2,(H,23,24). The molecule has 0 bridgehead atoms. The number of nitrogens with zero attached hydrogens (tertiary/aromatic N) is 2. The van der Waals surface area contributed by atoms with Gasteiger partial charge in [0.15, 0.2) is 0 Å². The van der Waals surface area contributed by atoms with Gasteiger partial charge in [0.25, 0.3) is 0 Å². The van der Waals surface area contributed by atoms with Crippen molar-refractivity contribution in [2.24, 2.45) is 0 Å². The molecular weight excluding hydrogens is 327 g/mol. The molecule has 1 aromatic carbocycles. The van der Waals surface area contributed by atoms with Crippen LogP contribution in [0.1, 0.15) is 30.7 Å². The highest BCUT2D eigenvalue weighted by Gasteiger charge is 2.52. The highest BCUT2D eigenvalue weighted by Crippen LogP contribution is 2.39. The van der Waals surface area contributed by atoms with E-state index in [1.54, 1.807) is 0 Å². The zero-order chi connectivity index (χ0) is 17.6. The van der Waals surface area contributed by atoms with Crippen molar-refractivity contribution >= 4 is 6.09 Å². The van der Waals surface area contributed by atoms with Crippen molar-refractivity contribution in [3.05, 3.63) is 29.6 Å². The normalized spacial score (nSPS) is 26.8. The van der Waals surface area contributed by atoms with E-state index < -0.39 is 6.09 Å². The number of ether oxygens (including phenoxy) is 1. The van der Waals surface area contributed by atoms with Gasteiger partial charge in [-0.15, -0.1) is 0 Å². The Balaban J connectivity index is 1.32. The number of phenols is 1. The Bertz CT molecular complexity index is 669. The summed E-state index contributed by atoms with van der Waals surface area (Å²) in [6.45, 7) is 3.34. The summed E-state index contributed by atoms with van der Waals surface area (Å²) in [5, 5.41) is 19.0. The molecule has 3 saturated heterocycles. The first-order valence-corrected chi connectivity index (χ1v) is 8.80. The topological polar surface area (TPSA) is 73.2 Å². The molecule has 136 valence electrons. The maximum Gasteiger partial charge on any atom is 0.407 e. The summed E-state index contributed by atoms with van der Waals surface area (Å²) in [7, 11) is 0. The van der Waals surface area contributed by atoms with Crippen LogP contribution < -0.4 is 0 Å². The molecular formula is C18H23FN2O4. The summed E-state index contributed by atoms with van der Waals surface area (Å²) in [6, 6.07) is 4.47. The smallest absolute Gasteiger partial charge is 0.407 e. The molecule has 1 atom stereocenters. The number of rotatable bonds is 2. The van der Waals surface area contributed by atoms with Gasteiger partial charge in [0.1, 0.15) is 17.2 Å². The third-order valence-electron chi connectivity index (χ3n) is 5.89. The van der Waals surface area contributed by atoms with Crippen molar-refractivity contribution in [3.63, 3.8) is 0 Å². The van der Waals surface area contributed by atoms with Crippen LogP contribution in [0.15, 0.2) is 18.2 Å². The molecule has 7 heteroatoms. The SMILES string of the molecule is O=C(O)N1CC2(CC(N3CCC(c4cc(F)ccc4O)CC3)CO2)C1. The number of carbonyl (C=O) groups is 1. The maximum atomic E-state index is 13.5. The number of halogens is 1. The zero-order valence-corrected chi connectivity index (χ0v) is 14.0. The number of carboxylic acid groups (broad SMARTS) is 1. The Morgan fingerprint density at radius 1 is 1.28 bits per heavy atom. The van der Waals surface area contributed by atoms with E-state index in [4.69, 9.17) is 9.84 Å². The molecule has 3 heterocycles. The number of aromatic hydroxyl groups is 1. The molecule has 0 aliphatic carbocycles. The average Bonchev–Trinajstić information content (AvgIpc) is 3.01. The van der Waals surface area contributed by atoms with E-state index in [1.165, 1.54) is 23.1 Å². The van der Waals surface area contributed by atoms with E-state index in [2.05, 4.69) is 4.90 Å². The third-order valence-corrected chi connectivity index (χ3v) is 5.89. The summed E-state index contributed by atoms with van der Waals surface area (Å²) >= 11 is 0. The van der Waals surface area contributed by atoms with Crippen LogP contribution in [-0.2, 0) is 4.74 Å². The quantitative estimate of drug-likeness (QED) is 0.856. The lowest BCUT2D eigenvalue weighted by Crippen LogP contribution is -2.63. The van der Waals surface area contributed by atoms with Gasteiger partial charge in [0, 0.05) is 6.04 Å². The van der Waals surface area contributed by atoms with Crippen molar-refractivity contribution in [2.45, 2.75) is 36.8 Å². The second kappa shape index (κ2) is 6.14. The van der Waals surface area contributed by atoms with Crippen LogP contribution in [0.4, 0.5) is 9.18 Å². The van der Waals surface area contributed by atoms with Gasteiger partial charge in [-0.05, 0) is 62.0 Å². The van der Waals surface area contributed by atoms with Gasteiger partial charge in [0.05, 0.1) is 19.7 Å². The molecule has 1 amide bonds. The Hall–Kier alpha value is -1.86. The summed E-state index contributed by atoms with van der Waals surface area (Å²) < 4.78 is 19.4. The van der Waals surface area contributed by atoms with Crippen LogP contribution in [-0.4, -0.2) is 70.5 Å². The fraction of sp³-hybridized carbons (Fsp3) is 0.611. The fourth-order valence-corrected chi connectivity index (χ4v) is 4.49.